The largest absolute Gasteiger partial charge is 0.504 e. The summed E-state index contributed by atoms with van der Waals surface area (Å²) in [4.78, 5) is 4.42. The number of aromatic hydroxyl groups is 1. The average Bonchev–Trinajstić information content (AvgIpc) is 2.60. The minimum atomic E-state index is -0.619. The van der Waals surface area contributed by atoms with E-state index in [0.29, 0.717) is 29.4 Å². The van der Waals surface area contributed by atoms with Crippen molar-refractivity contribution in [1.82, 2.24) is 10.6 Å². The van der Waals surface area contributed by atoms with Crippen molar-refractivity contribution in [2.24, 2.45) is 4.99 Å². The average molecular weight is 363 g/mol. The second-order valence-corrected chi connectivity index (χ2v) is 5.70. The van der Waals surface area contributed by atoms with Crippen LogP contribution in [0.4, 0.5) is 8.78 Å². The highest BCUT2D eigenvalue weighted by atomic mass is 19.1. The SMILES string of the molecule is CCNC(=NCc1cccc(OC)c1O)NC(C)c1ccc(F)cc1F. The fourth-order valence-corrected chi connectivity index (χ4v) is 2.48. The third-order valence-corrected chi connectivity index (χ3v) is 3.84. The summed E-state index contributed by atoms with van der Waals surface area (Å²) in [6.45, 7) is 4.47. The van der Waals surface area contributed by atoms with Crippen LogP contribution in [0.5, 0.6) is 11.5 Å². The van der Waals surface area contributed by atoms with Crippen LogP contribution in [-0.4, -0.2) is 24.7 Å². The van der Waals surface area contributed by atoms with E-state index in [-0.39, 0.29) is 12.3 Å². The van der Waals surface area contributed by atoms with Crippen molar-refractivity contribution in [3.8, 4) is 11.5 Å². The Bertz CT molecular complexity index is 781. The maximum absolute atomic E-state index is 13.9. The van der Waals surface area contributed by atoms with Gasteiger partial charge in [0.2, 0.25) is 0 Å². The van der Waals surface area contributed by atoms with Crippen LogP contribution in [-0.2, 0) is 6.54 Å². The zero-order valence-corrected chi connectivity index (χ0v) is 15.0. The lowest BCUT2D eigenvalue weighted by atomic mass is 10.1. The summed E-state index contributed by atoms with van der Waals surface area (Å²) in [5, 5.41) is 16.3. The first kappa shape index (κ1) is 19.5. The third-order valence-electron chi connectivity index (χ3n) is 3.84. The predicted octanol–water partition coefficient (Wildman–Crippen LogP) is 3.50. The normalized spacial score (nSPS) is 12.6. The predicted molar refractivity (Wildman–Crippen MR) is 97.4 cm³/mol. The van der Waals surface area contributed by atoms with E-state index >= 15 is 0 Å². The molecular weight excluding hydrogens is 340 g/mol. The molecule has 0 amide bonds. The van der Waals surface area contributed by atoms with Crippen LogP contribution in [0.15, 0.2) is 41.4 Å². The van der Waals surface area contributed by atoms with Gasteiger partial charge in [-0.1, -0.05) is 18.2 Å². The molecule has 0 fully saturated rings. The molecule has 0 spiro atoms. The number of para-hydroxylation sites is 1. The molecule has 0 aromatic heterocycles. The molecule has 1 unspecified atom stereocenters. The first-order valence-corrected chi connectivity index (χ1v) is 8.30. The van der Waals surface area contributed by atoms with Gasteiger partial charge in [-0.05, 0) is 26.0 Å². The van der Waals surface area contributed by atoms with Gasteiger partial charge in [0.1, 0.15) is 11.6 Å². The third kappa shape index (κ3) is 4.84. The Labute approximate surface area is 151 Å². The Morgan fingerprint density at radius 1 is 1.27 bits per heavy atom. The monoisotopic (exact) mass is 363 g/mol. The van der Waals surface area contributed by atoms with E-state index in [1.54, 1.807) is 25.1 Å². The van der Waals surface area contributed by atoms with Crippen LogP contribution >= 0.6 is 0 Å². The molecule has 2 aromatic rings. The van der Waals surface area contributed by atoms with Gasteiger partial charge in [-0.2, -0.15) is 0 Å². The van der Waals surface area contributed by atoms with Gasteiger partial charge in [0, 0.05) is 23.7 Å². The summed E-state index contributed by atoms with van der Waals surface area (Å²) >= 11 is 0. The highest BCUT2D eigenvalue weighted by Crippen LogP contribution is 2.29. The van der Waals surface area contributed by atoms with E-state index in [2.05, 4.69) is 15.6 Å². The van der Waals surface area contributed by atoms with E-state index < -0.39 is 17.7 Å². The standard InChI is InChI=1S/C19H23F2N3O2/c1-4-22-19(23-11-13-6-5-7-17(26-3)18(13)25)24-12(2)15-9-8-14(20)10-16(15)21/h5-10,12,25H,4,11H2,1-3H3,(H2,22,23,24). The smallest absolute Gasteiger partial charge is 0.192 e. The Morgan fingerprint density at radius 2 is 2.04 bits per heavy atom. The highest BCUT2D eigenvalue weighted by molar-refractivity contribution is 5.80. The lowest BCUT2D eigenvalue weighted by molar-refractivity contribution is 0.370. The molecule has 26 heavy (non-hydrogen) atoms. The zero-order valence-electron chi connectivity index (χ0n) is 15.0. The van der Waals surface area contributed by atoms with Gasteiger partial charge in [-0.25, -0.2) is 13.8 Å². The molecule has 7 heteroatoms. The molecule has 1 atom stereocenters. The molecule has 0 radical (unpaired) electrons. The number of hydrogen-bond donors (Lipinski definition) is 3. The van der Waals surface area contributed by atoms with E-state index in [0.717, 1.165) is 6.07 Å². The summed E-state index contributed by atoms with van der Waals surface area (Å²) in [6, 6.07) is 8.22. The number of benzene rings is 2. The fraction of sp³-hybridized carbons (Fsp3) is 0.316. The molecule has 2 rings (SSSR count). The van der Waals surface area contributed by atoms with E-state index in [1.807, 2.05) is 6.92 Å². The van der Waals surface area contributed by atoms with Crippen molar-refractivity contribution in [2.45, 2.75) is 26.4 Å². The molecule has 0 saturated heterocycles. The van der Waals surface area contributed by atoms with E-state index in [1.165, 1.54) is 19.2 Å². The summed E-state index contributed by atoms with van der Waals surface area (Å²) in [6.07, 6.45) is 0. The fourth-order valence-electron chi connectivity index (χ4n) is 2.48. The maximum atomic E-state index is 13.9. The molecule has 0 bridgehead atoms. The van der Waals surface area contributed by atoms with Gasteiger partial charge >= 0.3 is 0 Å². The van der Waals surface area contributed by atoms with Crippen LogP contribution in [0.2, 0.25) is 0 Å². The van der Waals surface area contributed by atoms with Crippen molar-refractivity contribution in [3.05, 3.63) is 59.2 Å². The quantitative estimate of drug-likeness (QED) is 0.543. The zero-order chi connectivity index (χ0) is 19.1. The summed E-state index contributed by atoms with van der Waals surface area (Å²) in [7, 11) is 1.48. The van der Waals surface area contributed by atoms with Crippen LogP contribution in [0.3, 0.4) is 0 Å². The van der Waals surface area contributed by atoms with Crippen molar-refractivity contribution < 1.29 is 18.6 Å². The first-order chi connectivity index (χ1) is 12.5. The number of guanidine groups is 1. The van der Waals surface area contributed by atoms with E-state index in [9.17, 15) is 13.9 Å². The number of hydrogen-bond acceptors (Lipinski definition) is 3. The Morgan fingerprint density at radius 3 is 2.69 bits per heavy atom. The number of phenolic OH excluding ortho intramolecular Hbond substituents is 1. The van der Waals surface area contributed by atoms with E-state index in [4.69, 9.17) is 4.74 Å². The molecule has 140 valence electrons. The second-order valence-electron chi connectivity index (χ2n) is 5.70. The number of nitrogens with zero attached hydrogens (tertiary/aromatic N) is 1. The van der Waals surface area contributed by atoms with Gasteiger partial charge in [0.15, 0.2) is 17.5 Å². The Kier molecular flexibility index (Phi) is 6.77. The number of ether oxygens (including phenoxy) is 1. The van der Waals surface area contributed by atoms with Gasteiger partial charge in [-0.15, -0.1) is 0 Å². The number of halogens is 2. The van der Waals surface area contributed by atoms with Crippen molar-refractivity contribution >= 4 is 5.96 Å². The van der Waals surface area contributed by atoms with Crippen LogP contribution in [0.25, 0.3) is 0 Å². The molecule has 5 nitrogen and oxygen atoms in total. The summed E-state index contributed by atoms with van der Waals surface area (Å²) < 4.78 is 32.1. The molecule has 3 N–H and O–H groups in total. The van der Waals surface area contributed by atoms with Gasteiger partial charge < -0.3 is 20.5 Å². The molecule has 0 aliphatic carbocycles. The van der Waals surface area contributed by atoms with Gasteiger partial charge in [0.05, 0.1) is 19.7 Å². The Hall–Kier alpha value is -2.83. The maximum Gasteiger partial charge on any atom is 0.192 e. The van der Waals surface area contributed by atoms with Crippen molar-refractivity contribution in [1.29, 1.82) is 0 Å². The number of nitrogens with one attached hydrogen (secondary N) is 2. The molecular formula is C19H23F2N3O2. The lowest BCUT2D eigenvalue weighted by Gasteiger charge is -2.19. The van der Waals surface area contributed by atoms with Crippen LogP contribution in [0, 0.1) is 11.6 Å². The molecule has 0 aliphatic heterocycles. The number of methoxy groups -OCH3 is 1. The van der Waals surface area contributed by atoms with Crippen molar-refractivity contribution in [2.75, 3.05) is 13.7 Å². The number of phenols is 1. The molecule has 0 aliphatic rings. The Balaban J connectivity index is 2.16. The first-order valence-electron chi connectivity index (χ1n) is 8.30. The number of rotatable bonds is 6. The highest BCUT2D eigenvalue weighted by Gasteiger charge is 2.13. The molecule has 0 saturated carbocycles. The van der Waals surface area contributed by atoms with Crippen molar-refractivity contribution in [3.63, 3.8) is 0 Å². The van der Waals surface area contributed by atoms with Crippen LogP contribution < -0.4 is 15.4 Å². The summed E-state index contributed by atoms with van der Waals surface area (Å²) in [5.74, 6) is -0.380. The molecule has 0 heterocycles. The topological polar surface area (TPSA) is 65.9 Å². The van der Waals surface area contributed by atoms with Crippen LogP contribution in [0.1, 0.15) is 31.0 Å². The van der Waals surface area contributed by atoms with Gasteiger partial charge in [0.25, 0.3) is 0 Å². The summed E-state index contributed by atoms with van der Waals surface area (Å²) in [5.41, 5.74) is 0.934. The minimum absolute atomic E-state index is 0.0345. The molecule has 2 aromatic carbocycles. The van der Waals surface area contributed by atoms with Gasteiger partial charge in [-0.3, -0.25) is 0 Å². The number of aliphatic imine (C=N–C) groups is 1. The second kappa shape index (κ2) is 9.03. The minimum Gasteiger partial charge on any atom is -0.504 e. The lowest BCUT2D eigenvalue weighted by Crippen LogP contribution is -2.39.